The van der Waals surface area contributed by atoms with E-state index >= 15 is 0 Å². The van der Waals surface area contributed by atoms with E-state index in [2.05, 4.69) is 20.3 Å². The van der Waals surface area contributed by atoms with Crippen molar-refractivity contribution in [1.82, 2.24) is 19.5 Å². The van der Waals surface area contributed by atoms with E-state index in [0.717, 1.165) is 17.0 Å². The van der Waals surface area contributed by atoms with Gasteiger partial charge in [-0.3, -0.25) is 0 Å². The molecule has 0 spiro atoms. The number of nitrogens with one attached hydrogen (secondary N) is 1. The molecule has 5 N–H and O–H groups in total. The predicted octanol–water partition coefficient (Wildman–Crippen LogP) is 0.251. The number of aliphatic hydroxyl groups is 2. The van der Waals surface area contributed by atoms with E-state index < -0.39 is 12.1 Å². The lowest BCUT2D eigenvalue weighted by molar-refractivity contribution is 0.0707. The molecule has 1 saturated carbocycles. The summed E-state index contributed by atoms with van der Waals surface area (Å²) in [6.45, 7) is 0.248. The monoisotopic (exact) mass is 320 g/mol. The van der Waals surface area contributed by atoms with Gasteiger partial charge in [0, 0.05) is 18.6 Å². The molecule has 1 fully saturated rings. The summed E-state index contributed by atoms with van der Waals surface area (Å²) in [5, 5.41) is 21.9. The number of imidazole rings is 1. The highest BCUT2D eigenvalue weighted by Crippen LogP contribution is 2.24. The number of hydrogen-bond donors (Lipinski definition) is 4. The summed E-state index contributed by atoms with van der Waals surface area (Å²) in [6, 6.07) is -0.0123. The zero-order valence-corrected chi connectivity index (χ0v) is 13.1. The number of nitrogens with two attached hydrogens (primary N) is 1. The highest BCUT2D eigenvalue weighted by molar-refractivity contribution is 5.82. The molecule has 0 aromatic carbocycles. The molecule has 0 saturated heterocycles. The third kappa shape index (κ3) is 3.60. The van der Waals surface area contributed by atoms with Crippen molar-refractivity contribution >= 4 is 17.0 Å². The Morgan fingerprint density at radius 1 is 1.30 bits per heavy atom. The molecule has 126 valence electrons. The summed E-state index contributed by atoms with van der Waals surface area (Å²) in [6.07, 6.45) is 7.73. The molecular weight excluding hydrogens is 296 g/mol. The Morgan fingerprint density at radius 2 is 2.09 bits per heavy atom. The van der Waals surface area contributed by atoms with Gasteiger partial charge in [-0.2, -0.15) is 0 Å². The van der Waals surface area contributed by atoms with Gasteiger partial charge in [-0.1, -0.05) is 12.8 Å². The first-order chi connectivity index (χ1) is 11.2. The van der Waals surface area contributed by atoms with Crippen LogP contribution in [0.1, 0.15) is 32.1 Å². The van der Waals surface area contributed by atoms with E-state index in [1.165, 1.54) is 25.7 Å². The Hall–Kier alpha value is -1.77. The van der Waals surface area contributed by atoms with Crippen LogP contribution in [0.2, 0.25) is 0 Å². The third-order valence-corrected chi connectivity index (χ3v) is 4.48. The van der Waals surface area contributed by atoms with Gasteiger partial charge >= 0.3 is 0 Å². The second-order valence-corrected chi connectivity index (χ2v) is 6.16. The Bertz CT molecular complexity index is 640. The van der Waals surface area contributed by atoms with E-state index in [-0.39, 0.29) is 6.61 Å². The lowest BCUT2D eigenvalue weighted by atomic mass is 10.1. The number of fused-ring (bicyclic) bond motifs is 1. The number of aliphatic hydroxyl groups excluding tert-OH is 2. The van der Waals surface area contributed by atoms with Crippen molar-refractivity contribution < 1.29 is 10.2 Å². The predicted molar refractivity (Wildman–Crippen MR) is 86.9 cm³/mol. The van der Waals surface area contributed by atoms with E-state index in [4.69, 9.17) is 10.8 Å². The van der Waals surface area contributed by atoms with Crippen molar-refractivity contribution in [3.63, 3.8) is 0 Å². The highest BCUT2D eigenvalue weighted by atomic mass is 16.3. The zero-order chi connectivity index (χ0) is 16.2. The van der Waals surface area contributed by atoms with Crippen LogP contribution in [0, 0.1) is 0 Å². The topological polar surface area (TPSA) is 122 Å². The molecule has 2 aromatic heterocycles. The number of rotatable bonds is 7. The standard InChI is InChI=1S/C15H24N6O2/c16-11(12(23)7-22)5-6-21-9-19-13-14(17-8-18-15(13)21)20-10-3-1-2-4-10/h8-12,22-23H,1-7,16H2,(H,17,18,20). The minimum absolute atomic E-state index is 0.330. The number of hydrogen-bond acceptors (Lipinski definition) is 7. The molecule has 0 amide bonds. The summed E-state index contributed by atoms with van der Waals surface area (Å²) in [7, 11) is 0. The van der Waals surface area contributed by atoms with Crippen LogP contribution in [0.5, 0.6) is 0 Å². The maximum absolute atomic E-state index is 9.54. The average molecular weight is 320 g/mol. The first-order valence-corrected chi connectivity index (χ1v) is 8.16. The number of nitrogens with zero attached hydrogens (tertiary/aromatic N) is 4. The second kappa shape index (κ2) is 7.20. The molecule has 8 nitrogen and oxygen atoms in total. The molecule has 2 unspecified atom stereocenters. The third-order valence-electron chi connectivity index (χ3n) is 4.48. The molecule has 1 aliphatic rings. The van der Waals surface area contributed by atoms with Crippen molar-refractivity contribution in [3.05, 3.63) is 12.7 Å². The lowest BCUT2D eigenvalue weighted by Crippen LogP contribution is -2.37. The number of anilines is 1. The summed E-state index contributed by atoms with van der Waals surface area (Å²) in [4.78, 5) is 13.1. The maximum atomic E-state index is 9.54. The fourth-order valence-electron chi connectivity index (χ4n) is 3.03. The molecule has 2 atom stereocenters. The van der Waals surface area contributed by atoms with E-state index in [9.17, 15) is 5.11 Å². The maximum Gasteiger partial charge on any atom is 0.165 e. The van der Waals surface area contributed by atoms with Crippen LogP contribution in [0.25, 0.3) is 11.2 Å². The van der Waals surface area contributed by atoms with Gasteiger partial charge in [0.25, 0.3) is 0 Å². The van der Waals surface area contributed by atoms with Crippen LogP contribution in [-0.4, -0.2) is 54.5 Å². The normalized spacial score (nSPS) is 18.4. The molecule has 1 aliphatic carbocycles. The molecule has 0 radical (unpaired) electrons. The van der Waals surface area contributed by atoms with Gasteiger partial charge in [-0.05, 0) is 19.3 Å². The highest BCUT2D eigenvalue weighted by Gasteiger charge is 2.19. The Kier molecular flexibility index (Phi) is 5.04. The quantitative estimate of drug-likeness (QED) is 0.577. The van der Waals surface area contributed by atoms with Crippen LogP contribution < -0.4 is 11.1 Å². The molecular formula is C15H24N6O2. The molecule has 23 heavy (non-hydrogen) atoms. The van der Waals surface area contributed by atoms with Crippen molar-refractivity contribution in [2.45, 2.75) is 56.8 Å². The largest absolute Gasteiger partial charge is 0.394 e. The van der Waals surface area contributed by atoms with Crippen molar-refractivity contribution in [1.29, 1.82) is 0 Å². The first kappa shape index (κ1) is 16.1. The van der Waals surface area contributed by atoms with Crippen LogP contribution in [-0.2, 0) is 6.54 Å². The minimum atomic E-state index is -0.904. The SMILES string of the molecule is NC(CCn1cnc2c(NC3CCCC3)ncnc21)C(O)CO. The van der Waals surface area contributed by atoms with Crippen LogP contribution in [0.3, 0.4) is 0 Å². The van der Waals surface area contributed by atoms with Crippen molar-refractivity contribution in [3.8, 4) is 0 Å². The van der Waals surface area contributed by atoms with Gasteiger partial charge < -0.3 is 25.8 Å². The van der Waals surface area contributed by atoms with Gasteiger partial charge in [0.2, 0.25) is 0 Å². The molecule has 3 rings (SSSR count). The van der Waals surface area contributed by atoms with Gasteiger partial charge in [0.15, 0.2) is 11.5 Å². The summed E-state index contributed by atoms with van der Waals surface area (Å²) in [5.74, 6) is 0.778. The van der Waals surface area contributed by atoms with Crippen LogP contribution >= 0.6 is 0 Å². The summed E-state index contributed by atoms with van der Waals surface area (Å²) < 4.78 is 1.90. The lowest BCUT2D eigenvalue weighted by Gasteiger charge is -2.16. The Balaban J connectivity index is 1.72. The molecule has 2 aromatic rings. The van der Waals surface area contributed by atoms with Gasteiger partial charge in [0.1, 0.15) is 11.8 Å². The van der Waals surface area contributed by atoms with Crippen molar-refractivity contribution in [2.24, 2.45) is 5.73 Å². The number of aryl methyl sites for hydroxylation is 1. The van der Waals surface area contributed by atoms with Crippen LogP contribution in [0.15, 0.2) is 12.7 Å². The van der Waals surface area contributed by atoms with Gasteiger partial charge in [0.05, 0.1) is 19.0 Å². The summed E-state index contributed by atoms with van der Waals surface area (Å²) >= 11 is 0. The van der Waals surface area contributed by atoms with Gasteiger partial charge in [-0.25, -0.2) is 15.0 Å². The fourth-order valence-corrected chi connectivity index (χ4v) is 3.03. The average Bonchev–Trinajstić information content (AvgIpc) is 3.22. The minimum Gasteiger partial charge on any atom is -0.394 e. The zero-order valence-electron chi connectivity index (χ0n) is 13.1. The second-order valence-electron chi connectivity index (χ2n) is 6.16. The molecule has 0 bridgehead atoms. The smallest absolute Gasteiger partial charge is 0.165 e. The van der Waals surface area contributed by atoms with Crippen molar-refractivity contribution in [2.75, 3.05) is 11.9 Å². The molecule has 2 heterocycles. The van der Waals surface area contributed by atoms with E-state index in [0.29, 0.717) is 19.0 Å². The van der Waals surface area contributed by atoms with Crippen LogP contribution in [0.4, 0.5) is 5.82 Å². The number of aromatic nitrogens is 4. The van der Waals surface area contributed by atoms with E-state index in [1.807, 2.05) is 4.57 Å². The Labute approximate surface area is 134 Å². The Morgan fingerprint density at radius 3 is 2.83 bits per heavy atom. The van der Waals surface area contributed by atoms with E-state index in [1.54, 1.807) is 12.7 Å². The molecule has 8 heteroatoms. The molecule has 0 aliphatic heterocycles. The van der Waals surface area contributed by atoms with Gasteiger partial charge in [-0.15, -0.1) is 0 Å². The summed E-state index contributed by atoms with van der Waals surface area (Å²) in [5.41, 5.74) is 7.35. The first-order valence-electron chi connectivity index (χ1n) is 8.16. The fraction of sp³-hybridized carbons (Fsp3) is 0.667.